The first-order valence-corrected chi connectivity index (χ1v) is 8.28. The molecule has 1 aromatic rings. The van der Waals surface area contributed by atoms with Gasteiger partial charge >= 0.3 is 5.97 Å². The van der Waals surface area contributed by atoms with Crippen molar-refractivity contribution in [2.24, 2.45) is 5.73 Å². The first kappa shape index (κ1) is 20.3. The van der Waals surface area contributed by atoms with E-state index in [4.69, 9.17) is 10.8 Å². The molecule has 0 fully saturated rings. The van der Waals surface area contributed by atoms with Gasteiger partial charge in [0.25, 0.3) is 11.4 Å². The highest BCUT2D eigenvalue weighted by Crippen LogP contribution is 2.30. The van der Waals surface area contributed by atoms with Crippen molar-refractivity contribution in [2.75, 3.05) is 17.3 Å². The Labute approximate surface area is 145 Å². The van der Waals surface area contributed by atoms with Crippen molar-refractivity contribution in [1.29, 1.82) is 0 Å². The third-order valence-corrected chi connectivity index (χ3v) is 3.89. The predicted octanol–water partition coefficient (Wildman–Crippen LogP) is 1.02. The number of nitrogens with zero attached hydrogens (tertiary/aromatic N) is 2. The average molecular weight is 372 g/mol. The van der Waals surface area contributed by atoms with Crippen molar-refractivity contribution in [1.82, 2.24) is 0 Å². The van der Waals surface area contributed by atoms with Gasteiger partial charge in [-0.15, -0.1) is 0 Å². The van der Waals surface area contributed by atoms with Gasteiger partial charge in [0.2, 0.25) is 0 Å². The van der Waals surface area contributed by atoms with Gasteiger partial charge in [-0.3, -0.25) is 29.8 Å². The number of benzene rings is 1. The summed E-state index contributed by atoms with van der Waals surface area (Å²) in [5, 5.41) is 33.4. The lowest BCUT2D eigenvalue weighted by Gasteiger charge is -2.20. The predicted molar refractivity (Wildman–Crippen MR) is 90.8 cm³/mol. The van der Waals surface area contributed by atoms with Crippen LogP contribution in [0.3, 0.4) is 0 Å². The normalized spacial score (nSPS) is 12.9. The highest BCUT2D eigenvalue weighted by Gasteiger charge is 2.31. The van der Waals surface area contributed by atoms with Crippen LogP contribution in [0.1, 0.15) is 6.42 Å². The number of nitrogens with one attached hydrogen (secondary N) is 1. The number of hydrogen-bond donors (Lipinski definition) is 3. The van der Waals surface area contributed by atoms with Crippen molar-refractivity contribution in [3.05, 3.63) is 38.4 Å². The average Bonchev–Trinajstić information content (AvgIpc) is 2.56. The molecule has 136 valence electrons. The largest absolute Gasteiger partial charge is 0.480 e. The van der Waals surface area contributed by atoms with Crippen LogP contribution in [-0.4, -0.2) is 50.8 Å². The molecular weight excluding hydrogens is 356 g/mol. The molecule has 0 saturated carbocycles. The third kappa shape index (κ3) is 5.39. The Bertz CT molecular complexity index is 697. The molecule has 1 unspecified atom stereocenters. The number of Topliss-reactive ketones (excluding diaryl/α,β-unsaturated/α-hetero) is 1. The monoisotopic (exact) mass is 372 g/mol. The number of hydrogen-bond acceptors (Lipinski definition) is 9. The molecule has 0 bridgehead atoms. The van der Waals surface area contributed by atoms with E-state index < -0.39 is 45.1 Å². The maximum Gasteiger partial charge on any atom is 0.328 e. The van der Waals surface area contributed by atoms with E-state index in [2.05, 4.69) is 5.32 Å². The number of carbonyl (C=O) groups excluding carboxylic acids is 1. The Morgan fingerprint density at radius 1 is 1.32 bits per heavy atom. The molecule has 0 saturated heterocycles. The molecule has 0 aliphatic heterocycles. The fourth-order valence-electron chi connectivity index (χ4n) is 1.95. The van der Waals surface area contributed by atoms with E-state index in [0.29, 0.717) is 5.75 Å². The van der Waals surface area contributed by atoms with Gasteiger partial charge in [-0.2, -0.15) is 11.8 Å². The summed E-state index contributed by atoms with van der Waals surface area (Å²) < 4.78 is 0. The minimum Gasteiger partial charge on any atom is -0.480 e. The second-order valence-electron chi connectivity index (χ2n) is 4.91. The lowest BCUT2D eigenvalue weighted by molar-refractivity contribution is -0.393. The zero-order chi connectivity index (χ0) is 19.1. The summed E-state index contributed by atoms with van der Waals surface area (Å²) in [6.07, 6.45) is 1.95. The van der Waals surface area contributed by atoms with Crippen LogP contribution in [0.2, 0.25) is 0 Å². The summed E-state index contributed by atoms with van der Waals surface area (Å²) in [6, 6.07) is 0.0372. The summed E-state index contributed by atoms with van der Waals surface area (Å²) in [6.45, 7) is 0. The first-order chi connectivity index (χ1) is 11.7. The molecule has 1 rings (SSSR count). The van der Waals surface area contributed by atoms with E-state index in [1.807, 2.05) is 0 Å². The summed E-state index contributed by atoms with van der Waals surface area (Å²) >= 11 is 1.39. The number of carbonyl (C=O) groups is 2. The van der Waals surface area contributed by atoms with Crippen LogP contribution in [-0.2, 0) is 9.59 Å². The van der Waals surface area contributed by atoms with Crippen molar-refractivity contribution in [2.45, 2.75) is 18.5 Å². The number of thioether (sulfide) groups is 1. The van der Waals surface area contributed by atoms with Crippen LogP contribution < -0.4 is 11.1 Å². The molecule has 0 aliphatic rings. The van der Waals surface area contributed by atoms with Gasteiger partial charge in [0.05, 0.1) is 22.0 Å². The Kier molecular flexibility index (Phi) is 7.26. The van der Waals surface area contributed by atoms with Crippen molar-refractivity contribution in [3.8, 4) is 0 Å². The van der Waals surface area contributed by atoms with E-state index >= 15 is 0 Å². The highest BCUT2D eigenvalue weighted by atomic mass is 32.2. The number of nitro benzene ring substituents is 2. The molecule has 12 heteroatoms. The molecule has 4 N–H and O–H groups in total. The van der Waals surface area contributed by atoms with Crippen LogP contribution in [0.25, 0.3) is 0 Å². The third-order valence-electron chi connectivity index (χ3n) is 3.25. The van der Waals surface area contributed by atoms with Gasteiger partial charge in [0.1, 0.15) is 5.69 Å². The fraction of sp³-hybridized carbons (Fsp3) is 0.385. The molecule has 0 spiro atoms. The molecule has 11 nitrogen and oxygen atoms in total. The topological polar surface area (TPSA) is 179 Å². The lowest BCUT2D eigenvalue weighted by atomic mass is 10.0. The summed E-state index contributed by atoms with van der Waals surface area (Å²) in [7, 11) is 0. The van der Waals surface area contributed by atoms with Gasteiger partial charge in [-0.25, -0.2) is 0 Å². The Hall–Kier alpha value is -2.73. The number of anilines is 1. The highest BCUT2D eigenvalue weighted by molar-refractivity contribution is 7.98. The van der Waals surface area contributed by atoms with E-state index in [1.165, 1.54) is 11.8 Å². The van der Waals surface area contributed by atoms with Gasteiger partial charge in [-0.05, 0) is 24.5 Å². The van der Waals surface area contributed by atoms with Crippen molar-refractivity contribution >= 4 is 40.6 Å². The van der Waals surface area contributed by atoms with Crippen LogP contribution >= 0.6 is 11.8 Å². The molecule has 2 atom stereocenters. The molecule has 1 aromatic carbocycles. The first-order valence-electron chi connectivity index (χ1n) is 6.89. The van der Waals surface area contributed by atoms with Crippen molar-refractivity contribution in [3.63, 3.8) is 0 Å². The zero-order valence-electron chi connectivity index (χ0n) is 13.1. The number of aliphatic carboxylic acids is 1. The van der Waals surface area contributed by atoms with Gasteiger partial charge < -0.3 is 16.2 Å². The van der Waals surface area contributed by atoms with E-state index in [1.54, 1.807) is 6.26 Å². The summed E-state index contributed by atoms with van der Waals surface area (Å²) in [5.41, 5.74) is 4.12. The van der Waals surface area contributed by atoms with Crippen LogP contribution in [0.5, 0.6) is 0 Å². The van der Waals surface area contributed by atoms with Gasteiger partial charge in [-0.1, -0.05) is 0 Å². The minimum absolute atomic E-state index is 0.132. The molecule has 25 heavy (non-hydrogen) atoms. The molecule has 0 radical (unpaired) electrons. The zero-order valence-corrected chi connectivity index (χ0v) is 13.9. The number of non-ortho nitro benzene ring substituents is 1. The number of nitro groups is 2. The number of ketones is 1. The van der Waals surface area contributed by atoms with Crippen LogP contribution in [0.15, 0.2) is 18.2 Å². The Morgan fingerprint density at radius 3 is 2.44 bits per heavy atom. The summed E-state index contributed by atoms with van der Waals surface area (Å²) in [5.74, 6) is -1.88. The van der Waals surface area contributed by atoms with Crippen LogP contribution in [0, 0.1) is 20.2 Å². The molecule has 0 aliphatic carbocycles. The number of nitrogens with two attached hydrogens (primary N) is 1. The molecule has 0 heterocycles. The number of carboxylic acid groups (broad SMARTS) is 1. The summed E-state index contributed by atoms with van der Waals surface area (Å²) in [4.78, 5) is 43.4. The Morgan fingerprint density at radius 2 is 1.96 bits per heavy atom. The quantitative estimate of drug-likeness (QED) is 0.305. The second kappa shape index (κ2) is 8.94. The second-order valence-corrected chi connectivity index (χ2v) is 5.90. The smallest absolute Gasteiger partial charge is 0.328 e. The Balaban J connectivity index is 3.18. The fourth-order valence-corrected chi connectivity index (χ4v) is 2.43. The van der Waals surface area contributed by atoms with E-state index in [-0.39, 0.29) is 12.1 Å². The van der Waals surface area contributed by atoms with Gasteiger partial charge in [0.15, 0.2) is 11.8 Å². The molecule has 0 amide bonds. The lowest BCUT2D eigenvalue weighted by Crippen LogP contribution is -2.47. The number of carboxylic acids is 1. The maximum absolute atomic E-state index is 12.2. The number of rotatable bonds is 10. The van der Waals surface area contributed by atoms with Gasteiger partial charge in [0, 0.05) is 6.07 Å². The maximum atomic E-state index is 12.2. The van der Waals surface area contributed by atoms with Crippen LogP contribution in [0.4, 0.5) is 17.1 Å². The molecule has 0 aromatic heterocycles. The standard InChI is InChI=1S/C13H16N4O7S/c1-25-5-4-9(12(18)11(14)13(19)20)15-8-3-2-7(16(21)22)6-10(8)17(23)24/h2-3,6,9,11,15H,4-5,14H2,1H3,(H,19,20)/t9-,11?/m0/s1. The van der Waals surface area contributed by atoms with E-state index in [0.717, 1.165) is 18.2 Å². The van der Waals surface area contributed by atoms with Crippen molar-refractivity contribution < 1.29 is 24.5 Å². The SMILES string of the molecule is CSCC[C@H](Nc1ccc([N+](=O)[O-])cc1[N+](=O)[O-])C(=O)C(N)C(=O)O. The van der Waals surface area contributed by atoms with E-state index in [9.17, 15) is 29.8 Å². The minimum atomic E-state index is -1.78. The molecular formula is C13H16N4O7S.